The van der Waals surface area contributed by atoms with Gasteiger partial charge in [-0.2, -0.15) is 0 Å². The van der Waals surface area contributed by atoms with Gasteiger partial charge in [-0.05, 0) is 25.5 Å². The summed E-state index contributed by atoms with van der Waals surface area (Å²) in [5.41, 5.74) is 6.39. The lowest BCUT2D eigenvalue weighted by Gasteiger charge is -2.14. The fourth-order valence-electron chi connectivity index (χ4n) is 1.36. The lowest BCUT2D eigenvalue weighted by Crippen LogP contribution is -2.33. The molecule has 0 saturated carbocycles. The molecule has 0 aliphatic heterocycles. The van der Waals surface area contributed by atoms with Crippen LogP contribution in [0.2, 0.25) is 0 Å². The molecule has 0 saturated heterocycles. The first-order valence-corrected chi connectivity index (χ1v) is 5.33. The number of nitrogens with two attached hydrogens (primary N) is 1. The maximum atomic E-state index is 11.0. The smallest absolute Gasteiger partial charge is 0.258 e. The van der Waals surface area contributed by atoms with Crippen molar-refractivity contribution in [2.24, 2.45) is 10.9 Å². The number of carbonyl (C=O) groups is 1. The van der Waals surface area contributed by atoms with Crippen LogP contribution in [0.3, 0.4) is 0 Å². The first-order valence-electron chi connectivity index (χ1n) is 5.33. The number of hydrogen-bond acceptors (Lipinski definition) is 4. The number of amides is 1. The maximum Gasteiger partial charge on any atom is 0.258 e. The van der Waals surface area contributed by atoms with E-state index in [0.717, 1.165) is 5.56 Å². The molecule has 5 heteroatoms. The summed E-state index contributed by atoms with van der Waals surface area (Å²) < 4.78 is 5.45. The van der Waals surface area contributed by atoms with Gasteiger partial charge in [-0.1, -0.05) is 24.2 Å². The Morgan fingerprint density at radius 1 is 1.59 bits per heavy atom. The van der Waals surface area contributed by atoms with Crippen LogP contribution in [0.1, 0.15) is 25.8 Å². The molecule has 5 nitrogen and oxygen atoms in total. The van der Waals surface area contributed by atoms with E-state index in [1.165, 1.54) is 0 Å². The van der Waals surface area contributed by atoms with Crippen molar-refractivity contribution in [3.63, 3.8) is 0 Å². The molecule has 92 valence electrons. The van der Waals surface area contributed by atoms with Gasteiger partial charge in [-0.15, -0.1) is 0 Å². The third-order valence-corrected chi connectivity index (χ3v) is 2.37. The van der Waals surface area contributed by atoms with E-state index in [1.54, 1.807) is 31.2 Å². The summed E-state index contributed by atoms with van der Waals surface area (Å²) in [6.07, 6.45) is -0.135. The third kappa shape index (κ3) is 3.48. The van der Waals surface area contributed by atoms with Gasteiger partial charge in [0.05, 0.1) is 5.71 Å². The number of benzene rings is 1. The highest BCUT2D eigenvalue weighted by atomic mass is 16.5. The van der Waals surface area contributed by atoms with Crippen LogP contribution in [0.5, 0.6) is 5.75 Å². The monoisotopic (exact) mass is 236 g/mol. The Hall–Kier alpha value is -2.04. The molecule has 0 heterocycles. The van der Waals surface area contributed by atoms with Gasteiger partial charge in [-0.25, -0.2) is 0 Å². The summed E-state index contributed by atoms with van der Waals surface area (Å²) in [7, 11) is 0. The van der Waals surface area contributed by atoms with Crippen LogP contribution in [0.25, 0.3) is 0 Å². The second-order valence-corrected chi connectivity index (χ2v) is 3.63. The van der Waals surface area contributed by atoms with Gasteiger partial charge in [0.25, 0.3) is 5.91 Å². The number of hydrogen-bond donors (Lipinski definition) is 2. The van der Waals surface area contributed by atoms with E-state index in [-0.39, 0.29) is 0 Å². The SMILES string of the molecule is CCC(Oc1cccc(C(C)=NO)c1)C(N)=O. The van der Waals surface area contributed by atoms with E-state index in [2.05, 4.69) is 5.16 Å². The Kier molecular flexibility index (Phi) is 4.51. The fraction of sp³-hybridized carbons (Fsp3) is 0.333. The minimum atomic E-state index is -0.642. The van der Waals surface area contributed by atoms with Crippen LogP contribution in [0.4, 0.5) is 0 Å². The third-order valence-electron chi connectivity index (χ3n) is 2.37. The molecule has 0 radical (unpaired) electrons. The molecular formula is C12H16N2O3. The molecule has 17 heavy (non-hydrogen) atoms. The Labute approximate surface area is 99.9 Å². The number of nitrogens with zero attached hydrogens (tertiary/aromatic N) is 1. The summed E-state index contributed by atoms with van der Waals surface area (Å²) in [5, 5.41) is 11.8. The number of oxime groups is 1. The van der Waals surface area contributed by atoms with Crippen molar-refractivity contribution in [3.05, 3.63) is 29.8 Å². The Balaban J connectivity index is 2.89. The van der Waals surface area contributed by atoms with Crippen LogP contribution in [-0.4, -0.2) is 22.9 Å². The van der Waals surface area contributed by atoms with Crippen molar-refractivity contribution in [1.82, 2.24) is 0 Å². The number of rotatable bonds is 5. The Morgan fingerprint density at radius 3 is 2.82 bits per heavy atom. The van der Waals surface area contributed by atoms with Gasteiger partial charge >= 0.3 is 0 Å². The van der Waals surface area contributed by atoms with Gasteiger partial charge in [0.2, 0.25) is 0 Å². The zero-order chi connectivity index (χ0) is 12.8. The zero-order valence-corrected chi connectivity index (χ0v) is 9.88. The van der Waals surface area contributed by atoms with Crippen LogP contribution >= 0.6 is 0 Å². The highest BCUT2D eigenvalue weighted by molar-refractivity contribution is 5.98. The number of ether oxygens (including phenoxy) is 1. The molecule has 0 aromatic heterocycles. The second kappa shape index (κ2) is 5.89. The summed E-state index contributed by atoms with van der Waals surface area (Å²) in [6, 6.07) is 6.96. The normalized spacial score (nSPS) is 13.2. The minimum absolute atomic E-state index is 0.475. The lowest BCUT2D eigenvalue weighted by molar-refractivity contribution is -0.124. The standard InChI is InChI=1S/C12H16N2O3/c1-3-11(12(13)15)17-10-6-4-5-9(7-10)8(2)14-16/h4-7,11,16H,3H2,1-2H3,(H2,13,15). The summed E-state index contributed by atoms with van der Waals surface area (Å²) in [4.78, 5) is 11.0. The van der Waals surface area contributed by atoms with Crippen molar-refractivity contribution in [2.45, 2.75) is 26.4 Å². The topological polar surface area (TPSA) is 84.9 Å². The molecule has 0 bridgehead atoms. The molecule has 1 aromatic carbocycles. The molecule has 1 aromatic rings. The van der Waals surface area contributed by atoms with Gasteiger partial charge < -0.3 is 15.7 Å². The first-order chi connectivity index (χ1) is 8.08. The van der Waals surface area contributed by atoms with Gasteiger partial charge in [0, 0.05) is 5.56 Å². The van der Waals surface area contributed by atoms with Crippen molar-refractivity contribution < 1.29 is 14.7 Å². The van der Waals surface area contributed by atoms with Crippen molar-refractivity contribution in [2.75, 3.05) is 0 Å². The minimum Gasteiger partial charge on any atom is -0.481 e. The molecular weight excluding hydrogens is 220 g/mol. The molecule has 0 fully saturated rings. The van der Waals surface area contributed by atoms with E-state index in [4.69, 9.17) is 15.7 Å². The van der Waals surface area contributed by atoms with Gasteiger partial charge in [0.15, 0.2) is 6.10 Å². The van der Waals surface area contributed by atoms with E-state index in [9.17, 15) is 4.79 Å². The zero-order valence-electron chi connectivity index (χ0n) is 9.88. The predicted molar refractivity (Wildman–Crippen MR) is 64.3 cm³/mol. The van der Waals surface area contributed by atoms with Crippen LogP contribution in [-0.2, 0) is 4.79 Å². The molecule has 0 spiro atoms. The molecule has 3 N–H and O–H groups in total. The average molecular weight is 236 g/mol. The highest BCUT2D eigenvalue weighted by Crippen LogP contribution is 2.16. The molecule has 1 unspecified atom stereocenters. The fourth-order valence-corrected chi connectivity index (χ4v) is 1.36. The molecule has 1 amide bonds. The van der Waals surface area contributed by atoms with Crippen LogP contribution in [0.15, 0.2) is 29.4 Å². The lowest BCUT2D eigenvalue weighted by atomic mass is 10.1. The first kappa shape index (κ1) is 13.0. The average Bonchev–Trinajstić information content (AvgIpc) is 2.34. The highest BCUT2D eigenvalue weighted by Gasteiger charge is 2.14. The molecule has 0 aliphatic carbocycles. The Bertz CT molecular complexity index is 430. The van der Waals surface area contributed by atoms with Crippen LogP contribution < -0.4 is 10.5 Å². The summed E-state index contributed by atoms with van der Waals surface area (Å²) in [6.45, 7) is 3.49. The van der Waals surface area contributed by atoms with Crippen molar-refractivity contribution in [3.8, 4) is 5.75 Å². The Morgan fingerprint density at radius 2 is 2.29 bits per heavy atom. The number of carbonyl (C=O) groups excluding carboxylic acids is 1. The van der Waals surface area contributed by atoms with E-state index < -0.39 is 12.0 Å². The van der Waals surface area contributed by atoms with Crippen molar-refractivity contribution in [1.29, 1.82) is 0 Å². The molecule has 1 rings (SSSR count). The van der Waals surface area contributed by atoms with Crippen LogP contribution in [0, 0.1) is 0 Å². The van der Waals surface area contributed by atoms with Gasteiger partial charge in [0.1, 0.15) is 5.75 Å². The largest absolute Gasteiger partial charge is 0.481 e. The second-order valence-electron chi connectivity index (χ2n) is 3.63. The molecule has 1 atom stereocenters. The predicted octanol–water partition coefficient (Wildman–Crippen LogP) is 1.53. The molecule has 0 aliphatic rings. The van der Waals surface area contributed by atoms with Crippen molar-refractivity contribution >= 4 is 11.6 Å². The van der Waals surface area contributed by atoms with E-state index >= 15 is 0 Å². The van der Waals surface area contributed by atoms with E-state index in [1.807, 2.05) is 6.92 Å². The summed E-state index contributed by atoms with van der Waals surface area (Å²) >= 11 is 0. The summed E-state index contributed by atoms with van der Waals surface area (Å²) in [5.74, 6) is 0.0293. The quantitative estimate of drug-likeness (QED) is 0.462. The maximum absolute atomic E-state index is 11.0. The van der Waals surface area contributed by atoms with E-state index in [0.29, 0.717) is 17.9 Å². The van der Waals surface area contributed by atoms with Gasteiger partial charge in [-0.3, -0.25) is 4.79 Å². The number of primary amides is 1.